The van der Waals surface area contributed by atoms with Gasteiger partial charge in [-0.15, -0.1) is 10.2 Å². The van der Waals surface area contributed by atoms with E-state index < -0.39 is 0 Å². The van der Waals surface area contributed by atoms with E-state index in [4.69, 9.17) is 9.47 Å². The van der Waals surface area contributed by atoms with Crippen molar-refractivity contribution >= 4 is 17.1 Å². The van der Waals surface area contributed by atoms with Crippen LogP contribution in [0.3, 0.4) is 0 Å². The first-order chi connectivity index (χ1) is 16.5. The molecule has 0 unspecified atom stereocenters. The van der Waals surface area contributed by atoms with E-state index in [2.05, 4.69) is 30.5 Å². The highest BCUT2D eigenvalue weighted by molar-refractivity contribution is 5.80. The minimum Gasteiger partial charge on any atom is -0.447 e. The van der Waals surface area contributed by atoms with Crippen LogP contribution >= 0.6 is 0 Å². The van der Waals surface area contributed by atoms with E-state index in [1.807, 2.05) is 42.8 Å². The quantitative estimate of drug-likeness (QED) is 0.439. The predicted octanol–water partition coefficient (Wildman–Crippen LogP) is 2.99. The number of nitrogens with zero attached hydrogens (tertiary/aromatic N) is 9. The molecule has 1 aromatic carbocycles. The molecule has 1 amide bonds. The molecule has 176 valence electrons. The number of hydrogen-bond donors (Lipinski definition) is 0. The molecule has 34 heavy (non-hydrogen) atoms. The maximum absolute atomic E-state index is 12.2. The van der Waals surface area contributed by atoms with Crippen LogP contribution in [0.1, 0.15) is 32.7 Å². The Labute approximate surface area is 195 Å². The van der Waals surface area contributed by atoms with Crippen molar-refractivity contribution in [3.05, 3.63) is 36.8 Å². The number of likely N-dealkylation sites (tertiary alicyclic amines) is 1. The van der Waals surface area contributed by atoms with Gasteiger partial charge in [-0.25, -0.2) is 19.4 Å². The first kappa shape index (κ1) is 21.7. The Morgan fingerprint density at radius 3 is 2.56 bits per heavy atom. The standard InChI is InChI=1S/C22H25N9O3/c1-14(2)33-22(32)30-10-8-16(9-11-30)31-20-18(12-25-31)21(24-13-23-20)34-17-6-4-15(5-7-17)19-26-28-29(3)27-19/h4-7,12-14,16H,8-11H2,1-3H3. The molecular formula is C22H25N9O3. The molecule has 1 saturated heterocycles. The van der Waals surface area contributed by atoms with Crippen molar-refractivity contribution in [3.8, 4) is 23.0 Å². The zero-order valence-corrected chi connectivity index (χ0v) is 19.2. The Morgan fingerprint density at radius 2 is 1.88 bits per heavy atom. The second kappa shape index (κ2) is 9.04. The molecule has 4 aromatic rings. The Kier molecular flexibility index (Phi) is 5.78. The highest BCUT2D eigenvalue weighted by Gasteiger charge is 2.27. The van der Waals surface area contributed by atoms with Crippen molar-refractivity contribution in [2.24, 2.45) is 7.05 Å². The van der Waals surface area contributed by atoms with Crippen molar-refractivity contribution in [3.63, 3.8) is 0 Å². The number of rotatable bonds is 5. The van der Waals surface area contributed by atoms with E-state index in [1.165, 1.54) is 11.1 Å². The van der Waals surface area contributed by atoms with Gasteiger partial charge in [0.1, 0.15) is 17.5 Å². The van der Waals surface area contributed by atoms with E-state index in [9.17, 15) is 4.79 Å². The van der Waals surface area contributed by atoms with Gasteiger partial charge in [-0.3, -0.25) is 0 Å². The van der Waals surface area contributed by atoms with Gasteiger partial charge in [0.15, 0.2) is 5.65 Å². The molecule has 4 heterocycles. The molecule has 12 heteroatoms. The van der Waals surface area contributed by atoms with Crippen LogP contribution in [0.15, 0.2) is 36.8 Å². The number of aromatic nitrogens is 8. The number of benzene rings is 1. The number of aryl methyl sites for hydroxylation is 1. The zero-order valence-electron chi connectivity index (χ0n) is 19.2. The third kappa shape index (κ3) is 4.38. The predicted molar refractivity (Wildman–Crippen MR) is 121 cm³/mol. The highest BCUT2D eigenvalue weighted by atomic mass is 16.6. The molecule has 1 fully saturated rings. The van der Waals surface area contributed by atoms with Crippen LogP contribution in [0.2, 0.25) is 0 Å². The van der Waals surface area contributed by atoms with Crippen molar-refractivity contribution in [2.75, 3.05) is 13.1 Å². The maximum Gasteiger partial charge on any atom is 0.410 e. The molecule has 12 nitrogen and oxygen atoms in total. The average Bonchev–Trinajstić information content (AvgIpc) is 3.46. The fourth-order valence-corrected chi connectivity index (χ4v) is 3.94. The molecule has 1 aliphatic rings. The maximum atomic E-state index is 12.2. The lowest BCUT2D eigenvalue weighted by atomic mass is 10.1. The van der Waals surface area contributed by atoms with Crippen molar-refractivity contribution in [2.45, 2.75) is 38.8 Å². The number of ether oxygens (including phenoxy) is 2. The molecule has 5 rings (SSSR count). The van der Waals surface area contributed by atoms with Gasteiger partial charge in [-0.05, 0) is 56.2 Å². The van der Waals surface area contributed by atoms with E-state index in [0.29, 0.717) is 36.2 Å². The Bertz CT molecular complexity index is 1290. The monoisotopic (exact) mass is 463 g/mol. The number of piperidine rings is 1. The molecule has 0 bridgehead atoms. The fourth-order valence-electron chi connectivity index (χ4n) is 3.94. The van der Waals surface area contributed by atoms with Crippen LogP contribution in [0.25, 0.3) is 22.4 Å². The van der Waals surface area contributed by atoms with Crippen LogP contribution in [0.5, 0.6) is 11.6 Å². The zero-order chi connectivity index (χ0) is 23.7. The molecule has 3 aromatic heterocycles. The van der Waals surface area contributed by atoms with Crippen LogP contribution < -0.4 is 4.74 Å². The number of hydrogen-bond acceptors (Lipinski definition) is 9. The number of fused-ring (bicyclic) bond motifs is 1. The van der Waals surface area contributed by atoms with Gasteiger partial charge >= 0.3 is 6.09 Å². The minimum atomic E-state index is -0.266. The van der Waals surface area contributed by atoms with Gasteiger partial charge in [-0.2, -0.15) is 9.90 Å². The van der Waals surface area contributed by atoms with Gasteiger partial charge in [0.2, 0.25) is 11.7 Å². The van der Waals surface area contributed by atoms with E-state index >= 15 is 0 Å². The Hall–Kier alpha value is -4.09. The van der Waals surface area contributed by atoms with Crippen molar-refractivity contribution < 1.29 is 14.3 Å². The molecule has 0 N–H and O–H groups in total. The second-order valence-corrected chi connectivity index (χ2v) is 8.38. The summed E-state index contributed by atoms with van der Waals surface area (Å²) in [4.78, 5) is 24.1. The second-order valence-electron chi connectivity index (χ2n) is 8.38. The summed E-state index contributed by atoms with van der Waals surface area (Å²) in [6, 6.07) is 7.52. The van der Waals surface area contributed by atoms with Gasteiger partial charge in [0.05, 0.1) is 25.4 Å². The highest BCUT2D eigenvalue weighted by Crippen LogP contribution is 2.31. The van der Waals surface area contributed by atoms with Gasteiger partial charge in [-0.1, -0.05) is 0 Å². The average molecular weight is 464 g/mol. The van der Waals surface area contributed by atoms with Gasteiger partial charge in [0, 0.05) is 18.7 Å². The summed E-state index contributed by atoms with van der Waals surface area (Å²) in [5, 5.41) is 17.4. The van der Waals surface area contributed by atoms with Gasteiger partial charge < -0.3 is 14.4 Å². The van der Waals surface area contributed by atoms with Crippen molar-refractivity contribution in [1.29, 1.82) is 0 Å². The number of carbonyl (C=O) groups excluding carboxylic acids is 1. The van der Waals surface area contributed by atoms with Crippen LogP contribution in [-0.4, -0.2) is 70.1 Å². The molecule has 1 aliphatic heterocycles. The number of tetrazole rings is 1. The van der Waals surface area contributed by atoms with Crippen LogP contribution in [0.4, 0.5) is 4.79 Å². The summed E-state index contributed by atoms with van der Waals surface area (Å²) in [5.41, 5.74) is 1.54. The topological polar surface area (TPSA) is 126 Å². The lowest BCUT2D eigenvalue weighted by Crippen LogP contribution is -2.40. The minimum absolute atomic E-state index is 0.127. The largest absolute Gasteiger partial charge is 0.447 e. The molecular weight excluding hydrogens is 438 g/mol. The smallest absolute Gasteiger partial charge is 0.410 e. The summed E-state index contributed by atoms with van der Waals surface area (Å²) in [7, 11) is 1.72. The Balaban J connectivity index is 1.30. The van der Waals surface area contributed by atoms with Gasteiger partial charge in [0.25, 0.3) is 0 Å². The molecule has 0 radical (unpaired) electrons. The third-order valence-corrected chi connectivity index (χ3v) is 5.60. The summed E-state index contributed by atoms with van der Waals surface area (Å²) in [6.45, 7) is 4.92. The Morgan fingerprint density at radius 1 is 1.12 bits per heavy atom. The van der Waals surface area contributed by atoms with E-state index in [0.717, 1.165) is 23.8 Å². The first-order valence-corrected chi connectivity index (χ1v) is 11.1. The van der Waals surface area contributed by atoms with Crippen LogP contribution in [0, 0.1) is 0 Å². The summed E-state index contributed by atoms with van der Waals surface area (Å²) in [6.07, 6.45) is 4.34. The van der Waals surface area contributed by atoms with E-state index in [-0.39, 0.29) is 18.2 Å². The SMILES string of the molecule is CC(C)OC(=O)N1CCC(n2ncc3c(Oc4ccc(-c5nnn(C)n5)cc4)ncnc32)CC1. The normalized spacial score (nSPS) is 14.6. The summed E-state index contributed by atoms with van der Waals surface area (Å²) in [5.74, 6) is 1.60. The lowest BCUT2D eigenvalue weighted by molar-refractivity contribution is 0.0656. The number of carbonyl (C=O) groups is 1. The molecule has 0 aliphatic carbocycles. The fraction of sp³-hybridized carbons (Fsp3) is 0.409. The summed E-state index contributed by atoms with van der Waals surface area (Å²) < 4.78 is 13.2. The number of amides is 1. The van der Waals surface area contributed by atoms with Crippen LogP contribution in [-0.2, 0) is 11.8 Å². The summed E-state index contributed by atoms with van der Waals surface area (Å²) >= 11 is 0. The molecule has 0 spiro atoms. The van der Waals surface area contributed by atoms with E-state index in [1.54, 1.807) is 18.1 Å². The molecule has 0 saturated carbocycles. The molecule has 0 atom stereocenters. The third-order valence-electron chi connectivity index (χ3n) is 5.60. The van der Waals surface area contributed by atoms with Crippen molar-refractivity contribution in [1.82, 2.24) is 44.9 Å². The first-order valence-electron chi connectivity index (χ1n) is 11.1. The lowest BCUT2D eigenvalue weighted by Gasteiger charge is -2.31.